The normalized spacial score (nSPS) is 26.9. The lowest BCUT2D eigenvalue weighted by Gasteiger charge is -2.56. The molecule has 3 unspecified atom stereocenters. The van der Waals surface area contributed by atoms with Gasteiger partial charge in [-0.2, -0.15) is 0 Å². The van der Waals surface area contributed by atoms with Crippen LogP contribution in [0.1, 0.15) is 44.6 Å². The summed E-state index contributed by atoms with van der Waals surface area (Å²) < 4.78 is 19.1. The summed E-state index contributed by atoms with van der Waals surface area (Å²) in [5, 5.41) is 10.2. The number of aliphatic hydroxyl groups excluding tert-OH is 1. The predicted molar refractivity (Wildman–Crippen MR) is 89.1 cm³/mol. The third kappa shape index (κ3) is 2.95. The number of carbonyl (C=O) groups is 1. The van der Waals surface area contributed by atoms with Gasteiger partial charge in [-0.1, -0.05) is 12.1 Å². The van der Waals surface area contributed by atoms with E-state index in [-0.39, 0.29) is 35.3 Å². The van der Waals surface area contributed by atoms with Crippen molar-refractivity contribution < 1.29 is 19.0 Å². The van der Waals surface area contributed by atoms with Crippen LogP contribution in [0.5, 0.6) is 0 Å². The number of piperidine rings is 1. The number of ether oxygens (including phenoxy) is 1. The number of rotatable bonds is 4. The lowest BCUT2D eigenvalue weighted by atomic mass is 9.58. The number of halogens is 1. The van der Waals surface area contributed by atoms with Crippen LogP contribution in [-0.2, 0) is 9.53 Å². The predicted octanol–water partition coefficient (Wildman–Crippen LogP) is 2.71. The molecule has 1 amide bonds. The van der Waals surface area contributed by atoms with Crippen molar-refractivity contribution in [3.8, 4) is 0 Å². The van der Waals surface area contributed by atoms with Crippen LogP contribution in [0.3, 0.4) is 0 Å². The lowest BCUT2D eigenvalue weighted by molar-refractivity contribution is -0.210. The second kappa shape index (κ2) is 6.81. The Kier molecular flexibility index (Phi) is 4.92. The Morgan fingerprint density at radius 2 is 2.17 bits per heavy atom. The number of likely N-dealkylation sites (tertiary alicyclic amines) is 1. The number of hydrogen-bond acceptors (Lipinski definition) is 3. The number of amides is 1. The molecule has 1 aromatic rings. The summed E-state index contributed by atoms with van der Waals surface area (Å²) in [6, 6.07) is 6.24. The average molecular weight is 335 g/mol. The molecule has 0 radical (unpaired) electrons. The molecule has 1 aliphatic heterocycles. The molecule has 0 aromatic heterocycles. The highest BCUT2D eigenvalue weighted by Crippen LogP contribution is 2.51. The molecule has 5 heteroatoms. The molecular weight excluding hydrogens is 309 g/mol. The topological polar surface area (TPSA) is 49.8 Å². The second-order valence-electron chi connectivity index (χ2n) is 7.03. The molecule has 0 bridgehead atoms. The Morgan fingerprint density at radius 1 is 1.46 bits per heavy atom. The number of carbonyl (C=O) groups excluding carboxylic acids is 1. The molecule has 1 aliphatic carbocycles. The fourth-order valence-corrected chi connectivity index (χ4v) is 4.15. The van der Waals surface area contributed by atoms with E-state index in [9.17, 15) is 14.3 Å². The number of hydrogen-bond donors (Lipinski definition) is 1. The van der Waals surface area contributed by atoms with Crippen molar-refractivity contribution in [2.45, 2.75) is 51.2 Å². The summed E-state index contributed by atoms with van der Waals surface area (Å²) in [6.45, 7) is 5.69. The minimum absolute atomic E-state index is 0.0252. The Morgan fingerprint density at radius 3 is 2.75 bits per heavy atom. The van der Waals surface area contributed by atoms with E-state index in [2.05, 4.69) is 0 Å². The molecule has 24 heavy (non-hydrogen) atoms. The first-order valence-electron chi connectivity index (χ1n) is 8.82. The van der Waals surface area contributed by atoms with Crippen LogP contribution in [0.2, 0.25) is 0 Å². The van der Waals surface area contributed by atoms with E-state index in [0.717, 1.165) is 12.8 Å². The third-order valence-electron chi connectivity index (χ3n) is 5.84. The van der Waals surface area contributed by atoms with E-state index in [1.165, 1.54) is 12.1 Å². The van der Waals surface area contributed by atoms with Gasteiger partial charge in [0.1, 0.15) is 5.82 Å². The molecule has 1 spiro atoms. The van der Waals surface area contributed by atoms with Gasteiger partial charge in [-0.25, -0.2) is 4.39 Å². The van der Waals surface area contributed by atoms with Gasteiger partial charge in [0.25, 0.3) is 0 Å². The Balaban J connectivity index is 1.63. The Hall–Kier alpha value is -1.46. The highest BCUT2D eigenvalue weighted by Gasteiger charge is 2.56. The second-order valence-corrected chi connectivity index (χ2v) is 7.03. The third-order valence-corrected chi connectivity index (χ3v) is 5.84. The Labute approximate surface area is 142 Å². The fourth-order valence-electron chi connectivity index (χ4n) is 4.15. The summed E-state index contributed by atoms with van der Waals surface area (Å²) in [7, 11) is 0. The van der Waals surface area contributed by atoms with E-state index in [0.29, 0.717) is 31.7 Å². The molecular formula is C19H26FNO3. The van der Waals surface area contributed by atoms with Gasteiger partial charge in [-0.05, 0) is 44.4 Å². The van der Waals surface area contributed by atoms with Crippen molar-refractivity contribution in [2.24, 2.45) is 5.41 Å². The molecule has 3 atom stereocenters. The molecule has 1 saturated heterocycles. The van der Waals surface area contributed by atoms with E-state index >= 15 is 0 Å². The van der Waals surface area contributed by atoms with Crippen LogP contribution in [0, 0.1) is 11.2 Å². The van der Waals surface area contributed by atoms with Crippen LogP contribution >= 0.6 is 0 Å². The first-order valence-corrected chi connectivity index (χ1v) is 8.82. The monoisotopic (exact) mass is 335 g/mol. The SMILES string of the molecule is CCOC1CC(O)C12CCN(C(=O)C(C)c1cccc(F)c1)CC2. The summed E-state index contributed by atoms with van der Waals surface area (Å²) in [4.78, 5) is 14.6. The number of nitrogens with zero attached hydrogens (tertiary/aromatic N) is 1. The fraction of sp³-hybridized carbons (Fsp3) is 0.632. The molecule has 4 nitrogen and oxygen atoms in total. The highest BCUT2D eigenvalue weighted by molar-refractivity contribution is 5.83. The van der Waals surface area contributed by atoms with Gasteiger partial charge in [0.2, 0.25) is 5.91 Å². The smallest absolute Gasteiger partial charge is 0.229 e. The van der Waals surface area contributed by atoms with Crippen LogP contribution in [0.4, 0.5) is 4.39 Å². The molecule has 132 valence electrons. The highest BCUT2D eigenvalue weighted by atomic mass is 19.1. The van der Waals surface area contributed by atoms with Crippen LogP contribution in [-0.4, -0.2) is 47.8 Å². The van der Waals surface area contributed by atoms with Crippen molar-refractivity contribution in [1.29, 1.82) is 0 Å². The standard InChI is InChI=1S/C19H26FNO3/c1-3-24-17-12-16(22)19(17)7-9-21(10-8-19)18(23)13(2)14-5-4-6-15(20)11-14/h4-6,11,13,16-17,22H,3,7-10,12H2,1-2H3. The van der Waals surface area contributed by atoms with Gasteiger partial charge in [-0.15, -0.1) is 0 Å². The van der Waals surface area contributed by atoms with E-state index < -0.39 is 0 Å². The molecule has 1 saturated carbocycles. The minimum Gasteiger partial charge on any atom is -0.392 e. The number of aliphatic hydroxyl groups is 1. The van der Waals surface area contributed by atoms with Crippen LogP contribution in [0.25, 0.3) is 0 Å². The summed E-state index contributed by atoms with van der Waals surface area (Å²) in [5.41, 5.74) is 0.519. The first kappa shape index (κ1) is 17.4. The van der Waals surface area contributed by atoms with Crippen LogP contribution in [0.15, 0.2) is 24.3 Å². The molecule has 2 fully saturated rings. The summed E-state index contributed by atoms with van der Waals surface area (Å²) in [5.74, 6) is -0.650. The van der Waals surface area contributed by atoms with E-state index in [4.69, 9.17) is 4.74 Å². The summed E-state index contributed by atoms with van der Waals surface area (Å²) in [6.07, 6.45) is 2.00. The van der Waals surface area contributed by atoms with Crippen molar-refractivity contribution in [1.82, 2.24) is 4.90 Å². The first-order chi connectivity index (χ1) is 11.5. The van der Waals surface area contributed by atoms with Gasteiger partial charge in [0.15, 0.2) is 0 Å². The maximum absolute atomic E-state index is 13.4. The van der Waals surface area contributed by atoms with Gasteiger partial charge < -0.3 is 14.7 Å². The zero-order chi connectivity index (χ0) is 17.3. The quantitative estimate of drug-likeness (QED) is 0.920. The van der Waals surface area contributed by atoms with Crippen molar-refractivity contribution in [3.63, 3.8) is 0 Å². The van der Waals surface area contributed by atoms with Gasteiger partial charge in [0, 0.05) is 31.5 Å². The van der Waals surface area contributed by atoms with Crippen molar-refractivity contribution in [2.75, 3.05) is 19.7 Å². The van der Waals surface area contributed by atoms with Gasteiger partial charge in [-0.3, -0.25) is 4.79 Å². The van der Waals surface area contributed by atoms with E-state index in [1.807, 2.05) is 18.7 Å². The maximum atomic E-state index is 13.4. The van der Waals surface area contributed by atoms with Crippen molar-refractivity contribution in [3.05, 3.63) is 35.6 Å². The van der Waals surface area contributed by atoms with E-state index in [1.54, 1.807) is 12.1 Å². The van der Waals surface area contributed by atoms with Gasteiger partial charge >= 0.3 is 0 Å². The minimum atomic E-state index is -0.358. The van der Waals surface area contributed by atoms with Gasteiger partial charge in [0.05, 0.1) is 18.1 Å². The van der Waals surface area contributed by atoms with Crippen molar-refractivity contribution >= 4 is 5.91 Å². The zero-order valence-electron chi connectivity index (χ0n) is 14.4. The Bertz CT molecular complexity index is 596. The molecule has 1 aromatic carbocycles. The molecule has 2 aliphatic rings. The maximum Gasteiger partial charge on any atom is 0.229 e. The summed E-state index contributed by atoms with van der Waals surface area (Å²) >= 11 is 0. The van der Waals surface area contributed by atoms with Crippen LogP contribution < -0.4 is 0 Å². The largest absolute Gasteiger partial charge is 0.392 e. The number of benzene rings is 1. The molecule has 1 N–H and O–H groups in total. The average Bonchev–Trinajstić information content (AvgIpc) is 2.60. The zero-order valence-corrected chi connectivity index (χ0v) is 14.4. The molecule has 3 rings (SSSR count). The molecule has 1 heterocycles. The lowest BCUT2D eigenvalue weighted by Crippen LogP contribution is -2.62.